The molecule has 2 rings (SSSR count). The van der Waals surface area contributed by atoms with E-state index in [-0.39, 0.29) is 17.3 Å². The largest absolute Gasteiger partial charge is 0.375 e. The lowest BCUT2D eigenvalue weighted by Crippen LogP contribution is -2.46. The van der Waals surface area contributed by atoms with Crippen LogP contribution >= 0.6 is 0 Å². The predicted octanol–water partition coefficient (Wildman–Crippen LogP) is 0.529. The minimum absolute atomic E-state index is 0.0815. The van der Waals surface area contributed by atoms with Gasteiger partial charge in [0.05, 0.1) is 12.7 Å². The highest BCUT2D eigenvalue weighted by Crippen LogP contribution is 2.20. The van der Waals surface area contributed by atoms with Crippen LogP contribution in [0.25, 0.3) is 0 Å². The molecule has 0 spiro atoms. The van der Waals surface area contributed by atoms with Crippen LogP contribution in [0, 0.1) is 0 Å². The smallest absolute Gasteiger partial charge is 0.237 e. The second kappa shape index (κ2) is 6.56. The molecule has 1 aromatic heterocycles. The quantitative estimate of drug-likeness (QED) is 0.784. The third-order valence-corrected chi connectivity index (χ3v) is 4.78. The van der Waals surface area contributed by atoms with Gasteiger partial charge in [0, 0.05) is 18.5 Å². The van der Waals surface area contributed by atoms with Crippen LogP contribution in [-0.4, -0.2) is 60.9 Å². The predicted molar refractivity (Wildman–Crippen MR) is 82.5 cm³/mol. The molecule has 2 heterocycles. The molecule has 1 aliphatic heterocycles. The van der Waals surface area contributed by atoms with Gasteiger partial charge < -0.3 is 14.2 Å². The number of amides is 1. The summed E-state index contributed by atoms with van der Waals surface area (Å²) in [7, 11) is -3.65. The van der Waals surface area contributed by atoms with Crippen molar-refractivity contribution in [2.45, 2.75) is 45.0 Å². The van der Waals surface area contributed by atoms with Crippen molar-refractivity contribution in [1.29, 1.82) is 0 Å². The van der Waals surface area contributed by atoms with E-state index in [0.717, 1.165) is 0 Å². The number of ether oxygens (including phenoxy) is 1. The Morgan fingerprint density at radius 2 is 2.09 bits per heavy atom. The number of carbonyl (C=O) groups is 1. The lowest BCUT2D eigenvalue weighted by Gasteiger charge is -2.31. The van der Waals surface area contributed by atoms with E-state index in [1.54, 1.807) is 0 Å². The lowest BCUT2D eigenvalue weighted by molar-refractivity contribution is -0.135. The van der Waals surface area contributed by atoms with Gasteiger partial charge in [0.25, 0.3) is 0 Å². The Hall–Kier alpha value is -1.48. The van der Waals surface area contributed by atoms with Crippen molar-refractivity contribution in [2.75, 3.05) is 25.4 Å². The molecule has 0 aliphatic carbocycles. The molecule has 23 heavy (non-hydrogen) atoms. The van der Waals surface area contributed by atoms with Gasteiger partial charge in [-0.1, -0.05) is 25.9 Å². The van der Waals surface area contributed by atoms with E-state index in [9.17, 15) is 13.2 Å². The average molecular weight is 345 g/mol. The molecule has 0 radical (unpaired) electrons. The van der Waals surface area contributed by atoms with Crippen LogP contribution in [0.3, 0.4) is 0 Å². The number of nitrogens with zero attached hydrogens (tertiary/aromatic N) is 3. The zero-order valence-electron chi connectivity index (χ0n) is 13.9. The van der Waals surface area contributed by atoms with Gasteiger partial charge >= 0.3 is 0 Å². The minimum atomic E-state index is -3.65. The third kappa shape index (κ3) is 5.00. The van der Waals surface area contributed by atoms with Crippen molar-refractivity contribution in [3.63, 3.8) is 0 Å². The molecule has 0 aromatic carbocycles. The molecule has 130 valence electrons. The van der Waals surface area contributed by atoms with Crippen LogP contribution in [0.1, 0.15) is 39.4 Å². The number of hydrogen-bond donors (Lipinski definition) is 0. The van der Waals surface area contributed by atoms with Crippen LogP contribution in [-0.2, 0) is 30.5 Å². The monoisotopic (exact) mass is 345 g/mol. The summed E-state index contributed by atoms with van der Waals surface area (Å²) in [5, 5.41) is 3.69. The highest BCUT2D eigenvalue weighted by Gasteiger charge is 2.28. The van der Waals surface area contributed by atoms with Crippen molar-refractivity contribution in [3.8, 4) is 0 Å². The summed E-state index contributed by atoms with van der Waals surface area (Å²) in [6, 6.07) is 0. The molecule has 0 unspecified atom stereocenters. The Labute approximate surface area is 136 Å². The summed E-state index contributed by atoms with van der Waals surface area (Å²) < 4.78 is 34.8. The van der Waals surface area contributed by atoms with Gasteiger partial charge in [-0.15, -0.1) is 0 Å². The van der Waals surface area contributed by atoms with Crippen LogP contribution in [0.4, 0.5) is 0 Å². The van der Waals surface area contributed by atoms with Crippen molar-refractivity contribution in [1.82, 2.24) is 15.0 Å². The highest BCUT2D eigenvalue weighted by molar-refractivity contribution is 7.91. The number of rotatable bonds is 4. The number of sulfone groups is 1. The van der Waals surface area contributed by atoms with Crippen LogP contribution in [0.5, 0.6) is 0 Å². The Bertz CT molecular complexity index is 662. The lowest BCUT2D eigenvalue weighted by atomic mass is 9.97. The van der Waals surface area contributed by atoms with Crippen LogP contribution in [0.2, 0.25) is 0 Å². The summed E-state index contributed by atoms with van der Waals surface area (Å²) in [5.41, 5.74) is -0.352. The summed E-state index contributed by atoms with van der Waals surface area (Å²) in [6.45, 7) is 8.76. The molecule has 1 aliphatic rings. The fraction of sp³-hybridized carbons (Fsp3) is 0.786. The Kier molecular flexibility index (Phi) is 5.10. The Morgan fingerprint density at radius 3 is 2.65 bits per heavy atom. The third-order valence-electron chi connectivity index (χ3n) is 3.40. The number of aromatic nitrogens is 2. The highest BCUT2D eigenvalue weighted by atomic mass is 32.2. The SMILES string of the molecule is C[C@H]1CN(C(=O)CS(=O)(=O)Cc2noc(C(C)(C)C)n2)CCO1. The molecule has 0 saturated carbocycles. The summed E-state index contributed by atoms with van der Waals surface area (Å²) in [6.07, 6.45) is -0.0815. The van der Waals surface area contributed by atoms with E-state index < -0.39 is 27.3 Å². The summed E-state index contributed by atoms with van der Waals surface area (Å²) in [5.74, 6) is -0.925. The van der Waals surface area contributed by atoms with Crippen molar-refractivity contribution < 1.29 is 22.5 Å². The van der Waals surface area contributed by atoms with E-state index in [1.165, 1.54) is 4.90 Å². The first-order valence-corrected chi connectivity index (χ1v) is 9.32. The van der Waals surface area contributed by atoms with Gasteiger partial charge in [-0.2, -0.15) is 4.98 Å². The van der Waals surface area contributed by atoms with Gasteiger partial charge in [-0.3, -0.25) is 4.79 Å². The summed E-state index contributed by atoms with van der Waals surface area (Å²) >= 11 is 0. The van der Waals surface area contributed by atoms with E-state index in [0.29, 0.717) is 25.6 Å². The van der Waals surface area contributed by atoms with E-state index in [4.69, 9.17) is 9.26 Å². The molecule has 0 bridgehead atoms. The van der Waals surface area contributed by atoms with Crippen LogP contribution < -0.4 is 0 Å². The standard InChI is InChI=1S/C14H23N3O5S/c1-10-7-17(5-6-21-10)12(18)9-23(19,20)8-11-15-13(22-16-11)14(2,3)4/h10H,5-9H2,1-4H3/t10-/m0/s1. The van der Waals surface area contributed by atoms with Gasteiger partial charge in [-0.05, 0) is 6.92 Å². The molecular formula is C14H23N3O5S. The average Bonchev–Trinajstić information content (AvgIpc) is 2.85. The second-order valence-corrected chi connectivity index (χ2v) is 8.88. The van der Waals surface area contributed by atoms with Gasteiger partial charge in [0.1, 0.15) is 11.5 Å². The first-order chi connectivity index (χ1) is 10.6. The van der Waals surface area contributed by atoms with Crippen LogP contribution in [0.15, 0.2) is 4.52 Å². The normalized spacial score (nSPS) is 19.8. The van der Waals surface area contributed by atoms with Crippen molar-refractivity contribution in [2.24, 2.45) is 0 Å². The second-order valence-electron chi connectivity index (χ2n) is 6.82. The first-order valence-electron chi connectivity index (χ1n) is 7.50. The minimum Gasteiger partial charge on any atom is -0.375 e. The molecule has 8 nitrogen and oxygen atoms in total. The van der Waals surface area contributed by atoms with Crippen molar-refractivity contribution >= 4 is 15.7 Å². The molecule has 0 N–H and O–H groups in total. The zero-order chi connectivity index (χ0) is 17.3. The fourth-order valence-corrected chi connectivity index (χ4v) is 3.36. The molecule has 1 amide bonds. The molecule has 1 atom stereocenters. The van der Waals surface area contributed by atoms with Gasteiger partial charge in [0.15, 0.2) is 15.7 Å². The molecular weight excluding hydrogens is 322 g/mol. The maximum atomic E-state index is 12.2. The maximum absolute atomic E-state index is 12.2. The van der Waals surface area contributed by atoms with Gasteiger partial charge in [-0.25, -0.2) is 8.42 Å². The van der Waals surface area contributed by atoms with Gasteiger partial charge in [0.2, 0.25) is 11.8 Å². The van der Waals surface area contributed by atoms with Crippen molar-refractivity contribution in [3.05, 3.63) is 11.7 Å². The molecule has 9 heteroatoms. The molecule has 1 saturated heterocycles. The van der Waals surface area contributed by atoms with E-state index in [1.807, 2.05) is 27.7 Å². The van der Waals surface area contributed by atoms with E-state index >= 15 is 0 Å². The summed E-state index contributed by atoms with van der Waals surface area (Å²) in [4.78, 5) is 17.8. The first kappa shape index (κ1) is 17.9. The number of morpholine rings is 1. The topological polar surface area (TPSA) is 103 Å². The molecule has 1 fully saturated rings. The fourth-order valence-electron chi connectivity index (χ4n) is 2.19. The zero-order valence-corrected chi connectivity index (χ0v) is 14.7. The number of carbonyl (C=O) groups excluding carboxylic acids is 1. The Morgan fingerprint density at radius 1 is 1.39 bits per heavy atom. The maximum Gasteiger partial charge on any atom is 0.237 e. The Balaban J connectivity index is 1.99. The number of hydrogen-bond acceptors (Lipinski definition) is 7. The van der Waals surface area contributed by atoms with E-state index in [2.05, 4.69) is 10.1 Å². The molecule has 1 aromatic rings.